The Balaban J connectivity index is 3.33. The zero-order chi connectivity index (χ0) is 18.3. The van der Waals surface area contributed by atoms with Crippen LogP contribution in [0.25, 0.3) is 0 Å². The van der Waals surface area contributed by atoms with Crippen molar-refractivity contribution < 1.29 is 13.9 Å². The highest BCUT2D eigenvalue weighted by Crippen LogP contribution is 2.25. The largest absolute Gasteiger partial charge is 0.452 e. The van der Waals surface area contributed by atoms with Gasteiger partial charge in [-0.2, -0.15) is 0 Å². The number of benzene rings is 1. The maximum absolute atomic E-state index is 13.7. The van der Waals surface area contributed by atoms with E-state index in [4.69, 9.17) is 16.3 Å². The highest BCUT2D eigenvalue weighted by molar-refractivity contribution is 6.69. The molecule has 0 unspecified atom stereocenters. The van der Waals surface area contributed by atoms with Gasteiger partial charge < -0.3 is 9.64 Å². The summed E-state index contributed by atoms with van der Waals surface area (Å²) in [6, 6.07) is 3.67. The molecule has 0 N–H and O–H groups in total. The van der Waals surface area contributed by atoms with Gasteiger partial charge in [-0.05, 0) is 45.7 Å². The number of rotatable bonds is 7. The molecule has 0 aromatic heterocycles. The number of hydrogen-bond acceptors (Lipinski definition) is 4. The molecule has 0 aliphatic heterocycles. The number of amides is 1. The zero-order valence-electron chi connectivity index (χ0n) is 14.2. The summed E-state index contributed by atoms with van der Waals surface area (Å²) >= 11 is 5.96. The highest BCUT2D eigenvalue weighted by atomic mass is 35.5. The lowest BCUT2D eigenvalue weighted by atomic mass is 10.1. The van der Waals surface area contributed by atoms with E-state index in [9.17, 15) is 9.18 Å². The van der Waals surface area contributed by atoms with Crippen molar-refractivity contribution >= 4 is 29.4 Å². The van der Waals surface area contributed by atoms with Crippen LogP contribution >= 0.6 is 11.6 Å². The van der Waals surface area contributed by atoms with Crippen LogP contribution in [0.1, 0.15) is 31.1 Å². The second-order valence-electron chi connectivity index (χ2n) is 5.12. The number of halogens is 2. The number of nitrogens with zero attached hydrogens (tertiary/aromatic N) is 3. The first-order valence-corrected chi connectivity index (χ1v) is 7.80. The van der Waals surface area contributed by atoms with Crippen LogP contribution in [0.5, 0.6) is 5.75 Å². The molecule has 7 heteroatoms. The average Bonchev–Trinajstić information content (AvgIpc) is 2.55. The van der Waals surface area contributed by atoms with Gasteiger partial charge in [0.25, 0.3) is 5.91 Å². The lowest BCUT2D eigenvalue weighted by Crippen LogP contribution is -2.37. The predicted molar refractivity (Wildman–Crippen MR) is 95.7 cm³/mol. The Hall–Kier alpha value is -2.21. The summed E-state index contributed by atoms with van der Waals surface area (Å²) in [5.74, 6) is -0.592. The molecule has 1 aromatic carbocycles. The minimum absolute atomic E-state index is 0.0377. The number of aliphatic imine (C=N–C) groups is 2. The van der Waals surface area contributed by atoms with Crippen LogP contribution in [-0.2, 0) is 0 Å². The van der Waals surface area contributed by atoms with E-state index in [1.54, 1.807) is 4.90 Å². The Kier molecular flexibility index (Phi) is 7.58. The van der Waals surface area contributed by atoms with Gasteiger partial charge in [0, 0.05) is 19.6 Å². The van der Waals surface area contributed by atoms with Crippen LogP contribution in [0.4, 0.5) is 4.39 Å². The van der Waals surface area contributed by atoms with Crippen molar-refractivity contribution in [3.63, 3.8) is 0 Å². The maximum Gasteiger partial charge on any atom is 0.257 e. The van der Waals surface area contributed by atoms with E-state index < -0.39 is 5.82 Å². The van der Waals surface area contributed by atoms with Crippen LogP contribution in [0.15, 0.2) is 40.1 Å². The van der Waals surface area contributed by atoms with Gasteiger partial charge in [-0.25, -0.2) is 4.39 Å². The molecule has 0 saturated heterocycles. The predicted octanol–water partition coefficient (Wildman–Crippen LogP) is 3.88. The highest BCUT2D eigenvalue weighted by Gasteiger charge is 2.22. The standard InChI is InChI=1S/C17H21ClFN3O2/c1-6-22(11(2)3)17(23)13-9-12(19)7-8-14(13)24-15(10-20-4)16(18)21-5/h7-11H,4,6H2,1-3,5H3/b15-10+,21-16?. The van der Waals surface area contributed by atoms with Crippen LogP contribution in [0, 0.1) is 5.82 Å². The van der Waals surface area contributed by atoms with Crippen LogP contribution in [0.2, 0.25) is 0 Å². The monoisotopic (exact) mass is 353 g/mol. The summed E-state index contributed by atoms with van der Waals surface area (Å²) in [4.78, 5) is 21.7. The first-order valence-electron chi connectivity index (χ1n) is 7.42. The summed E-state index contributed by atoms with van der Waals surface area (Å²) in [7, 11) is 1.48. The lowest BCUT2D eigenvalue weighted by Gasteiger charge is -2.26. The molecule has 1 rings (SSSR count). The third-order valence-corrected chi connectivity index (χ3v) is 3.58. The van der Waals surface area contributed by atoms with Crippen molar-refractivity contribution in [2.24, 2.45) is 9.98 Å². The Morgan fingerprint density at radius 2 is 2.17 bits per heavy atom. The van der Waals surface area contributed by atoms with Gasteiger partial charge in [0.05, 0.1) is 11.8 Å². The molecule has 24 heavy (non-hydrogen) atoms. The second-order valence-corrected chi connectivity index (χ2v) is 5.48. The molecule has 5 nitrogen and oxygen atoms in total. The molecular weight excluding hydrogens is 333 g/mol. The minimum atomic E-state index is -0.534. The smallest absolute Gasteiger partial charge is 0.257 e. The minimum Gasteiger partial charge on any atom is -0.452 e. The van der Waals surface area contributed by atoms with E-state index in [2.05, 4.69) is 16.7 Å². The van der Waals surface area contributed by atoms with Crippen molar-refractivity contribution in [1.29, 1.82) is 0 Å². The zero-order valence-corrected chi connectivity index (χ0v) is 15.0. The molecule has 0 atom stereocenters. The molecule has 0 spiro atoms. The normalized spacial score (nSPS) is 12.3. The van der Waals surface area contributed by atoms with Gasteiger partial charge >= 0.3 is 0 Å². The molecule has 0 radical (unpaired) electrons. The molecule has 0 heterocycles. The number of hydrogen-bond donors (Lipinski definition) is 0. The van der Waals surface area contributed by atoms with E-state index in [0.717, 1.165) is 6.07 Å². The molecule has 0 bridgehead atoms. The summed E-state index contributed by atoms with van der Waals surface area (Å²) in [5, 5.41) is 0.0568. The number of carbonyl (C=O) groups excluding carboxylic acids is 1. The van der Waals surface area contributed by atoms with Gasteiger partial charge in [-0.1, -0.05) is 11.6 Å². The van der Waals surface area contributed by atoms with Crippen molar-refractivity contribution in [2.45, 2.75) is 26.8 Å². The Bertz CT molecular complexity index is 672. The summed E-state index contributed by atoms with van der Waals surface area (Å²) in [5.41, 5.74) is 0.0982. The maximum atomic E-state index is 13.7. The molecular formula is C17H21ClFN3O2. The number of carbonyl (C=O) groups is 1. The molecule has 1 amide bonds. The third kappa shape index (κ3) is 4.89. The van der Waals surface area contributed by atoms with Crippen LogP contribution in [-0.4, -0.2) is 42.3 Å². The van der Waals surface area contributed by atoms with Crippen LogP contribution in [0.3, 0.4) is 0 Å². The van der Waals surface area contributed by atoms with Crippen LogP contribution < -0.4 is 4.74 Å². The molecule has 0 fully saturated rings. The fourth-order valence-corrected chi connectivity index (χ4v) is 2.18. The SMILES string of the molecule is C=N/C=C(/Oc1ccc(F)cc1C(=O)N(CC)C(C)C)C(Cl)=NC. The van der Waals surface area contributed by atoms with Gasteiger partial charge in [0.2, 0.25) is 0 Å². The fraction of sp³-hybridized carbons (Fsp3) is 0.353. The first-order chi connectivity index (χ1) is 11.3. The van der Waals surface area contributed by atoms with E-state index in [1.807, 2.05) is 20.8 Å². The van der Waals surface area contributed by atoms with E-state index in [-0.39, 0.29) is 34.2 Å². The Labute approximate surface area is 146 Å². The lowest BCUT2D eigenvalue weighted by molar-refractivity contribution is 0.0713. The van der Waals surface area contributed by atoms with E-state index in [1.165, 1.54) is 25.4 Å². The molecule has 0 saturated carbocycles. The summed E-state index contributed by atoms with van der Waals surface area (Å²) in [6.45, 7) is 9.45. The number of allylic oxidation sites excluding steroid dienone is 1. The molecule has 0 aliphatic rings. The Morgan fingerprint density at radius 1 is 1.50 bits per heavy atom. The first kappa shape index (κ1) is 19.8. The quantitative estimate of drug-likeness (QED) is 0.551. The molecule has 1 aromatic rings. The third-order valence-electron chi connectivity index (χ3n) is 3.23. The second kappa shape index (κ2) is 9.17. The molecule has 0 aliphatic carbocycles. The van der Waals surface area contributed by atoms with Gasteiger partial charge in [-0.3, -0.25) is 14.8 Å². The van der Waals surface area contributed by atoms with Gasteiger partial charge in [0.15, 0.2) is 10.9 Å². The molecule has 130 valence electrons. The van der Waals surface area contributed by atoms with E-state index in [0.29, 0.717) is 6.54 Å². The summed E-state index contributed by atoms with van der Waals surface area (Å²) < 4.78 is 19.3. The Morgan fingerprint density at radius 3 is 2.67 bits per heavy atom. The van der Waals surface area contributed by atoms with Gasteiger partial charge in [0.1, 0.15) is 11.6 Å². The van der Waals surface area contributed by atoms with Gasteiger partial charge in [-0.15, -0.1) is 0 Å². The summed E-state index contributed by atoms with van der Waals surface area (Å²) in [6.07, 6.45) is 1.27. The van der Waals surface area contributed by atoms with Crippen molar-refractivity contribution in [3.05, 3.63) is 41.5 Å². The van der Waals surface area contributed by atoms with Crippen molar-refractivity contribution in [3.8, 4) is 5.75 Å². The number of ether oxygens (including phenoxy) is 1. The van der Waals surface area contributed by atoms with E-state index >= 15 is 0 Å². The van der Waals surface area contributed by atoms with Crippen molar-refractivity contribution in [2.75, 3.05) is 13.6 Å². The van der Waals surface area contributed by atoms with Crippen molar-refractivity contribution in [1.82, 2.24) is 4.90 Å². The average molecular weight is 354 g/mol. The topological polar surface area (TPSA) is 54.3 Å². The fourth-order valence-electron chi connectivity index (χ4n) is 2.09.